The molecular formula is C18H17NO3S2. The number of carbonyl (C=O) groups is 1. The van der Waals surface area contributed by atoms with Gasteiger partial charge in [0.05, 0.1) is 4.90 Å². The smallest absolute Gasteiger partial charge is 0.264 e. The van der Waals surface area contributed by atoms with Crippen molar-refractivity contribution in [1.82, 2.24) is 4.72 Å². The zero-order chi connectivity index (χ0) is 17.6. The molecule has 0 unspecified atom stereocenters. The molecule has 0 aliphatic rings. The molecule has 0 aliphatic heterocycles. The first-order valence-electron chi connectivity index (χ1n) is 7.11. The number of rotatable bonds is 6. The van der Waals surface area contributed by atoms with E-state index < -0.39 is 15.9 Å². The Morgan fingerprint density at radius 3 is 2.29 bits per heavy atom. The molecule has 0 radical (unpaired) electrons. The number of benzene rings is 2. The molecule has 1 amide bonds. The molecule has 0 saturated carbocycles. The van der Waals surface area contributed by atoms with E-state index in [0.29, 0.717) is 4.91 Å². The number of allylic oxidation sites excluding steroid dienone is 1. The highest BCUT2D eigenvalue weighted by molar-refractivity contribution is 8.03. The van der Waals surface area contributed by atoms with E-state index >= 15 is 0 Å². The van der Waals surface area contributed by atoms with Crippen molar-refractivity contribution in [3.8, 4) is 0 Å². The summed E-state index contributed by atoms with van der Waals surface area (Å²) in [5.41, 5.74) is 0.938. The van der Waals surface area contributed by atoms with E-state index in [1.807, 2.05) is 42.0 Å². The van der Waals surface area contributed by atoms with Gasteiger partial charge in [0.2, 0.25) is 0 Å². The molecule has 0 saturated heterocycles. The SMILES string of the molecule is C=C/C(=C\C(=O)NS(=O)(=O)c1ccc(C)cc1)Sc1ccccc1. The van der Waals surface area contributed by atoms with Gasteiger partial charge in [0.1, 0.15) is 0 Å². The second-order valence-corrected chi connectivity index (χ2v) is 7.78. The van der Waals surface area contributed by atoms with Gasteiger partial charge in [-0.1, -0.05) is 60.3 Å². The van der Waals surface area contributed by atoms with Crippen molar-refractivity contribution in [3.05, 3.63) is 83.8 Å². The van der Waals surface area contributed by atoms with Gasteiger partial charge >= 0.3 is 0 Å². The summed E-state index contributed by atoms with van der Waals surface area (Å²) in [6.07, 6.45) is 2.73. The van der Waals surface area contributed by atoms with Gasteiger partial charge < -0.3 is 0 Å². The van der Waals surface area contributed by atoms with Crippen LogP contribution in [0.15, 0.2) is 88.0 Å². The van der Waals surface area contributed by atoms with Crippen molar-refractivity contribution in [2.45, 2.75) is 16.7 Å². The van der Waals surface area contributed by atoms with Crippen molar-refractivity contribution in [2.24, 2.45) is 0 Å². The van der Waals surface area contributed by atoms with E-state index in [4.69, 9.17) is 0 Å². The molecule has 1 N–H and O–H groups in total. The molecule has 4 nitrogen and oxygen atoms in total. The second kappa shape index (κ2) is 7.99. The molecule has 0 bridgehead atoms. The number of aryl methyl sites for hydroxylation is 1. The predicted molar refractivity (Wildman–Crippen MR) is 97.1 cm³/mol. The van der Waals surface area contributed by atoms with Crippen LogP contribution in [-0.4, -0.2) is 14.3 Å². The maximum Gasteiger partial charge on any atom is 0.264 e. The fourth-order valence-corrected chi connectivity index (χ4v) is 3.57. The van der Waals surface area contributed by atoms with Gasteiger partial charge in [0.25, 0.3) is 15.9 Å². The van der Waals surface area contributed by atoms with Crippen LogP contribution in [0.2, 0.25) is 0 Å². The van der Waals surface area contributed by atoms with Gasteiger partial charge in [0, 0.05) is 15.9 Å². The van der Waals surface area contributed by atoms with E-state index in [1.54, 1.807) is 12.1 Å². The average molecular weight is 359 g/mol. The largest absolute Gasteiger partial charge is 0.269 e. The lowest BCUT2D eigenvalue weighted by Crippen LogP contribution is -2.29. The van der Waals surface area contributed by atoms with Gasteiger partial charge in [0.15, 0.2) is 0 Å². The first-order valence-corrected chi connectivity index (χ1v) is 9.41. The summed E-state index contributed by atoms with van der Waals surface area (Å²) < 4.78 is 26.4. The molecule has 0 aliphatic carbocycles. The normalized spacial score (nSPS) is 11.8. The van der Waals surface area contributed by atoms with Crippen molar-refractivity contribution in [2.75, 3.05) is 0 Å². The Kier molecular flexibility index (Phi) is 6.00. The van der Waals surface area contributed by atoms with E-state index in [2.05, 4.69) is 6.58 Å². The van der Waals surface area contributed by atoms with E-state index in [1.165, 1.54) is 36.0 Å². The molecule has 2 rings (SSSR count). The Morgan fingerprint density at radius 1 is 1.08 bits per heavy atom. The molecule has 6 heteroatoms. The molecule has 2 aromatic rings. The Balaban J connectivity index is 2.12. The van der Waals surface area contributed by atoms with Crippen LogP contribution in [0.25, 0.3) is 0 Å². The topological polar surface area (TPSA) is 63.2 Å². The van der Waals surface area contributed by atoms with Crippen LogP contribution in [0.4, 0.5) is 0 Å². The fraction of sp³-hybridized carbons (Fsp3) is 0.0556. The fourth-order valence-electron chi connectivity index (χ4n) is 1.82. The van der Waals surface area contributed by atoms with Crippen molar-refractivity contribution >= 4 is 27.7 Å². The lowest BCUT2D eigenvalue weighted by molar-refractivity contribution is -0.114. The zero-order valence-electron chi connectivity index (χ0n) is 13.1. The summed E-state index contributed by atoms with van der Waals surface area (Å²) in [6.45, 7) is 5.51. The molecule has 0 spiro atoms. The Morgan fingerprint density at radius 2 is 1.71 bits per heavy atom. The number of hydrogen-bond donors (Lipinski definition) is 1. The third-order valence-electron chi connectivity index (χ3n) is 3.02. The predicted octanol–water partition coefficient (Wildman–Crippen LogP) is 3.66. The lowest BCUT2D eigenvalue weighted by Gasteiger charge is -2.06. The van der Waals surface area contributed by atoms with Gasteiger partial charge in [-0.15, -0.1) is 0 Å². The van der Waals surface area contributed by atoms with Crippen molar-refractivity contribution in [3.63, 3.8) is 0 Å². The third kappa shape index (κ3) is 5.11. The van der Waals surface area contributed by atoms with Gasteiger partial charge in [-0.25, -0.2) is 13.1 Å². The third-order valence-corrected chi connectivity index (χ3v) is 5.41. The summed E-state index contributed by atoms with van der Waals surface area (Å²) in [7, 11) is -3.89. The number of sulfonamides is 1. The highest BCUT2D eigenvalue weighted by atomic mass is 32.2. The minimum Gasteiger partial charge on any atom is -0.269 e. The molecule has 0 atom stereocenters. The number of thioether (sulfide) groups is 1. The van der Waals surface area contributed by atoms with Crippen molar-refractivity contribution < 1.29 is 13.2 Å². The van der Waals surface area contributed by atoms with E-state index in [0.717, 1.165) is 10.5 Å². The van der Waals surface area contributed by atoms with Gasteiger partial charge in [-0.2, -0.15) is 0 Å². The highest BCUT2D eigenvalue weighted by Crippen LogP contribution is 2.26. The highest BCUT2D eigenvalue weighted by Gasteiger charge is 2.16. The van der Waals surface area contributed by atoms with Crippen LogP contribution < -0.4 is 4.72 Å². The maximum absolute atomic E-state index is 12.2. The summed E-state index contributed by atoms with van der Waals surface area (Å²) in [6, 6.07) is 15.7. The van der Waals surface area contributed by atoms with Crippen LogP contribution >= 0.6 is 11.8 Å². The Bertz CT molecular complexity index is 855. The number of carbonyl (C=O) groups excluding carboxylic acids is 1. The van der Waals surface area contributed by atoms with Crippen LogP contribution in [0.3, 0.4) is 0 Å². The number of hydrogen-bond acceptors (Lipinski definition) is 4. The zero-order valence-corrected chi connectivity index (χ0v) is 14.7. The molecule has 124 valence electrons. The van der Waals surface area contributed by atoms with Crippen LogP contribution in [-0.2, 0) is 14.8 Å². The Labute approximate surface area is 146 Å². The minimum absolute atomic E-state index is 0.0470. The average Bonchev–Trinajstić information content (AvgIpc) is 2.55. The quantitative estimate of drug-likeness (QED) is 0.486. The minimum atomic E-state index is -3.89. The van der Waals surface area contributed by atoms with Crippen LogP contribution in [0.5, 0.6) is 0 Å². The van der Waals surface area contributed by atoms with Crippen molar-refractivity contribution in [1.29, 1.82) is 0 Å². The molecular weight excluding hydrogens is 342 g/mol. The standard InChI is InChI=1S/C18H17NO3S2/c1-3-15(23-16-7-5-4-6-8-16)13-18(20)19-24(21,22)17-11-9-14(2)10-12-17/h3-13H,1H2,2H3,(H,19,20)/b15-13+. The summed E-state index contributed by atoms with van der Waals surface area (Å²) in [4.78, 5) is 13.6. The van der Waals surface area contributed by atoms with Gasteiger partial charge in [-0.3, -0.25) is 4.79 Å². The first-order chi connectivity index (χ1) is 11.4. The summed E-state index contributed by atoms with van der Waals surface area (Å²) in [5.74, 6) is -0.714. The maximum atomic E-state index is 12.2. The van der Waals surface area contributed by atoms with E-state index in [9.17, 15) is 13.2 Å². The number of nitrogens with one attached hydrogen (secondary N) is 1. The molecule has 24 heavy (non-hydrogen) atoms. The Hall–Kier alpha value is -2.31. The lowest BCUT2D eigenvalue weighted by atomic mass is 10.2. The van der Waals surface area contributed by atoms with Crippen LogP contribution in [0.1, 0.15) is 5.56 Å². The summed E-state index contributed by atoms with van der Waals surface area (Å²) >= 11 is 1.33. The monoisotopic (exact) mass is 359 g/mol. The molecule has 0 heterocycles. The van der Waals surface area contributed by atoms with Crippen LogP contribution in [0, 0.1) is 6.92 Å². The number of amides is 1. The first kappa shape index (κ1) is 18.0. The molecule has 0 aromatic heterocycles. The van der Waals surface area contributed by atoms with E-state index in [-0.39, 0.29) is 4.90 Å². The summed E-state index contributed by atoms with van der Waals surface area (Å²) in [5, 5.41) is 0. The molecule has 0 fully saturated rings. The molecule has 2 aromatic carbocycles. The van der Waals surface area contributed by atoms with Gasteiger partial charge in [-0.05, 0) is 31.2 Å². The second-order valence-electron chi connectivity index (χ2n) is 4.95.